The third-order valence-corrected chi connectivity index (χ3v) is 8.05. The van der Waals surface area contributed by atoms with Crippen LogP contribution in [-0.4, -0.2) is 56.4 Å². The van der Waals surface area contributed by atoms with Gasteiger partial charge < -0.3 is 9.64 Å². The summed E-state index contributed by atoms with van der Waals surface area (Å²) in [6, 6.07) is 3.79. The van der Waals surface area contributed by atoms with Crippen molar-refractivity contribution in [3.05, 3.63) is 44.7 Å². The van der Waals surface area contributed by atoms with E-state index in [0.717, 1.165) is 18.4 Å². The van der Waals surface area contributed by atoms with Crippen LogP contribution in [0, 0.1) is 6.92 Å². The van der Waals surface area contributed by atoms with Crippen molar-refractivity contribution >= 4 is 51.7 Å². The number of unbranched alkanes of at least 4 members (excludes halogenated alkanes) is 5. The molecule has 2 unspecified atom stereocenters. The van der Waals surface area contributed by atoms with Crippen LogP contribution in [0.3, 0.4) is 0 Å². The lowest BCUT2D eigenvalue weighted by molar-refractivity contribution is -0.122. The van der Waals surface area contributed by atoms with Gasteiger partial charge >= 0.3 is 0 Å². The number of pyridine rings is 1. The Morgan fingerprint density at radius 1 is 1.14 bits per heavy atom. The number of fused-ring (bicyclic) bond motifs is 1. The van der Waals surface area contributed by atoms with E-state index in [-0.39, 0.29) is 23.7 Å². The summed E-state index contributed by atoms with van der Waals surface area (Å²) in [5.74, 6) is 0.472. The summed E-state index contributed by atoms with van der Waals surface area (Å²) in [6.07, 6.45) is 10.3. The van der Waals surface area contributed by atoms with Gasteiger partial charge in [-0.2, -0.15) is 0 Å². The number of thiocarbonyl (C=S) groups is 1. The number of carbonyl (C=O) groups excluding carboxylic acids is 1. The molecule has 0 N–H and O–H groups in total. The molecule has 4 heterocycles. The predicted octanol–water partition coefficient (Wildman–Crippen LogP) is 5.18. The van der Waals surface area contributed by atoms with Crippen LogP contribution in [0.1, 0.15) is 70.4 Å². The Kier molecular flexibility index (Phi) is 8.85. The first-order valence-electron chi connectivity index (χ1n) is 13.0. The van der Waals surface area contributed by atoms with E-state index >= 15 is 0 Å². The Hall–Kier alpha value is -2.23. The maximum absolute atomic E-state index is 13.7. The van der Waals surface area contributed by atoms with Gasteiger partial charge in [0.05, 0.1) is 22.7 Å². The smallest absolute Gasteiger partial charge is 0.267 e. The molecule has 0 radical (unpaired) electrons. The first kappa shape index (κ1) is 26.8. The highest BCUT2D eigenvalue weighted by molar-refractivity contribution is 8.26. The molecule has 2 aromatic heterocycles. The van der Waals surface area contributed by atoms with Crippen LogP contribution in [0.5, 0.6) is 0 Å². The van der Waals surface area contributed by atoms with Gasteiger partial charge in [-0.15, -0.1) is 0 Å². The third kappa shape index (κ3) is 5.84. The fourth-order valence-corrected chi connectivity index (χ4v) is 6.18. The highest BCUT2D eigenvalue weighted by atomic mass is 32.2. The Bertz CT molecular complexity index is 1220. The molecular formula is C27H36N4O3S2. The molecule has 0 aromatic carbocycles. The van der Waals surface area contributed by atoms with Gasteiger partial charge in [0, 0.05) is 25.8 Å². The van der Waals surface area contributed by atoms with Crippen LogP contribution in [0.4, 0.5) is 5.82 Å². The second-order valence-corrected chi connectivity index (χ2v) is 11.5. The monoisotopic (exact) mass is 528 g/mol. The van der Waals surface area contributed by atoms with E-state index in [1.165, 1.54) is 37.4 Å². The lowest BCUT2D eigenvalue weighted by Gasteiger charge is -2.36. The predicted molar refractivity (Wildman–Crippen MR) is 152 cm³/mol. The maximum atomic E-state index is 13.7. The van der Waals surface area contributed by atoms with Crippen molar-refractivity contribution in [2.75, 3.05) is 24.5 Å². The van der Waals surface area contributed by atoms with Gasteiger partial charge in [0.1, 0.15) is 15.8 Å². The Morgan fingerprint density at radius 2 is 1.83 bits per heavy atom. The number of morpholine rings is 1. The molecule has 0 bridgehead atoms. The highest BCUT2D eigenvalue weighted by Crippen LogP contribution is 2.34. The summed E-state index contributed by atoms with van der Waals surface area (Å²) in [5.41, 5.74) is 1.77. The molecule has 2 aliphatic heterocycles. The number of hydrogen-bond acceptors (Lipinski definition) is 7. The first-order valence-corrected chi connectivity index (χ1v) is 14.2. The molecule has 2 saturated heterocycles. The minimum absolute atomic E-state index is 0.00857. The quantitative estimate of drug-likeness (QED) is 0.252. The largest absolute Gasteiger partial charge is 0.372 e. The molecule has 0 spiro atoms. The van der Waals surface area contributed by atoms with Crippen molar-refractivity contribution in [2.45, 2.75) is 78.4 Å². The maximum Gasteiger partial charge on any atom is 0.267 e. The third-order valence-electron chi connectivity index (χ3n) is 6.67. The van der Waals surface area contributed by atoms with Gasteiger partial charge in [0.15, 0.2) is 0 Å². The Labute approximate surface area is 222 Å². The number of rotatable bonds is 9. The summed E-state index contributed by atoms with van der Waals surface area (Å²) in [4.78, 5) is 36.2. The highest BCUT2D eigenvalue weighted by Gasteiger charge is 2.33. The number of aryl methyl sites for hydroxylation is 1. The van der Waals surface area contributed by atoms with Crippen molar-refractivity contribution in [1.82, 2.24) is 14.3 Å². The molecule has 2 aromatic rings. The zero-order valence-corrected chi connectivity index (χ0v) is 23.3. The molecular weight excluding hydrogens is 492 g/mol. The van der Waals surface area contributed by atoms with Gasteiger partial charge in [0.2, 0.25) is 0 Å². The van der Waals surface area contributed by atoms with Crippen molar-refractivity contribution < 1.29 is 9.53 Å². The van der Waals surface area contributed by atoms with Crippen molar-refractivity contribution in [3.8, 4) is 0 Å². The van der Waals surface area contributed by atoms with Crippen LogP contribution in [0.15, 0.2) is 28.0 Å². The number of nitrogens with zero attached hydrogens (tertiary/aromatic N) is 4. The van der Waals surface area contributed by atoms with Crippen LogP contribution < -0.4 is 10.5 Å². The Balaban J connectivity index is 1.66. The summed E-state index contributed by atoms with van der Waals surface area (Å²) < 4.78 is 8.04. The number of aromatic nitrogens is 2. The van der Waals surface area contributed by atoms with E-state index in [9.17, 15) is 9.59 Å². The van der Waals surface area contributed by atoms with Crippen LogP contribution in [0.2, 0.25) is 0 Å². The second kappa shape index (κ2) is 11.9. The summed E-state index contributed by atoms with van der Waals surface area (Å²) in [5, 5.41) is 0. The topological polar surface area (TPSA) is 67.2 Å². The normalized spacial score (nSPS) is 21.8. The molecule has 194 valence electrons. The average molecular weight is 529 g/mol. The van der Waals surface area contributed by atoms with Gasteiger partial charge in [-0.1, -0.05) is 69.1 Å². The fourth-order valence-electron chi connectivity index (χ4n) is 4.89. The number of anilines is 1. The van der Waals surface area contributed by atoms with Crippen molar-refractivity contribution in [3.63, 3.8) is 0 Å². The molecule has 1 amide bonds. The fraction of sp³-hybridized carbons (Fsp3) is 0.556. The van der Waals surface area contributed by atoms with Crippen molar-refractivity contribution in [1.29, 1.82) is 0 Å². The minimum Gasteiger partial charge on any atom is -0.372 e. The molecule has 2 aliphatic rings. The van der Waals surface area contributed by atoms with Gasteiger partial charge in [0.25, 0.3) is 11.5 Å². The molecule has 2 fully saturated rings. The zero-order chi connectivity index (χ0) is 25.8. The lowest BCUT2D eigenvalue weighted by atomic mass is 10.1. The first-order chi connectivity index (χ1) is 17.3. The molecule has 9 heteroatoms. The number of ether oxygens (including phenoxy) is 1. The molecule has 7 nitrogen and oxygen atoms in total. The van der Waals surface area contributed by atoms with Crippen molar-refractivity contribution in [2.24, 2.45) is 0 Å². The number of hydrogen-bond donors (Lipinski definition) is 0. The van der Waals surface area contributed by atoms with E-state index in [1.54, 1.807) is 21.6 Å². The molecule has 2 atom stereocenters. The SMILES string of the molecule is CCCCCCCCN1C(=O)/C(=C\c2c(N3CC(C)OC(C)C3)nc3c(C)cccn3c2=O)SC1=S. The van der Waals surface area contributed by atoms with Crippen LogP contribution in [-0.2, 0) is 9.53 Å². The van der Waals surface area contributed by atoms with E-state index in [4.69, 9.17) is 21.9 Å². The summed E-state index contributed by atoms with van der Waals surface area (Å²) >= 11 is 6.82. The van der Waals surface area contributed by atoms with Gasteiger partial charge in [-0.25, -0.2) is 4.98 Å². The van der Waals surface area contributed by atoms with Gasteiger partial charge in [-0.05, 0) is 44.9 Å². The Morgan fingerprint density at radius 3 is 2.56 bits per heavy atom. The molecule has 0 saturated carbocycles. The van der Waals surface area contributed by atoms with Gasteiger partial charge in [-0.3, -0.25) is 18.9 Å². The van der Waals surface area contributed by atoms with E-state index in [0.29, 0.717) is 45.9 Å². The second-order valence-electron chi connectivity index (χ2n) is 9.80. The molecule has 36 heavy (non-hydrogen) atoms. The van der Waals surface area contributed by atoms with Crippen LogP contribution >= 0.6 is 24.0 Å². The molecule has 0 aliphatic carbocycles. The summed E-state index contributed by atoms with van der Waals surface area (Å²) in [7, 11) is 0. The minimum atomic E-state index is -0.188. The lowest BCUT2D eigenvalue weighted by Crippen LogP contribution is -2.46. The van der Waals surface area contributed by atoms with E-state index < -0.39 is 0 Å². The van der Waals surface area contributed by atoms with Crippen LogP contribution in [0.25, 0.3) is 11.7 Å². The number of thioether (sulfide) groups is 1. The standard InChI is InChI=1S/C27H36N4O3S2/c1-5-6-7-8-9-10-13-31-26(33)22(36-27(31)35)15-21-24(29-16-19(3)34-20(4)17-29)28-23-18(2)12-11-14-30(23)25(21)32/h11-12,14-15,19-20H,5-10,13,16-17H2,1-4H3/b22-15+. The zero-order valence-electron chi connectivity index (χ0n) is 21.7. The van der Waals surface area contributed by atoms with E-state index in [1.807, 2.05) is 32.9 Å². The molecule has 4 rings (SSSR count). The summed E-state index contributed by atoms with van der Waals surface area (Å²) in [6.45, 7) is 10.1. The number of carbonyl (C=O) groups is 1. The average Bonchev–Trinajstić information content (AvgIpc) is 3.10. The van der Waals surface area contributed by atoms with E-state index in [2.05, 4.69) is 11.8 Å². The number of amides is 1.